The van der Waals surface area contributed by atoms with Crippen LogP contribution in [0, 0.1) is 24.7 Å². The van der Waals surface area contributed by atoms with E-state index in [9.17, 15) is 27.6 Å². The molecule has 0 bridgehead atoms. The molecule has 0 unspecified atom stereocenters. The summed E-state index contributed by atoms with van der Waals surface area (Å²) in [5, 5.41) is 24.4. The highest BCUT2D eigenvalue weighted by Crippen LogP contribution is 2.35. The van der Waals surface area contributed by atoms with Crippen LogP contribution in [0.15, 0.2) is 69.7 Å². The van der Waals surface area contributed by atoms with Crippen LogP contribution in [-0.2, 0) is 35.7 Å². The number of halogens is 3. The van der Waals surface area contributed by atoms with E-state index in [4.69, 9.17) is 33.7 Å². The van der Waals surface area contributed by atoms with Gasteiger partial charge in [-0.2, -0.15) is 23.1 Å². The number of imidazole rings is 2. The second-order valence-corrected chi connectivity index (χ2v) is 20.3. The first kappa shape index (κ1) is 53.9. The Labute approximate surface area is 414 Å². The number of fused-ring (bicyclic) bond motifs is 2. The van der Waals surface area contributed by atoms with Crippen LogP contribution in [0.3, 0.4) is 0 Å². The molecule has 0 spiro atoms. The first-order valence-electron chi connectivity index (χ1n) is 23.1. The van der Waals surface area contributed by atoms with Gasteiger partial charge in [-0.05, 0) is 45.4 Å². The van der Waals surface area contributed by atoms with E-state index in [1.807, 2.05) is 128 Å². The third kappa shape index (κ3) is 13.3. The van der Waals surface area contributed by atoms with Crippen LogP contribution < -0.4 is 16.0 Å². The molecule has 2 aliphatic heterocycles. The summed E-state index contributed by atoms with van der Waals surface area (Å²) in [6, 6.07) is 18.7. The van der Waals surface area contributed by atoms with Crippen molar-refractivity contribution in [3.8, 4) is 22.8 Å². The Kier molecular flexibility index (Phi) is 16.1. The van der Waals surface area contributed by atoms with E-state index < -0.39 is 41.3 Å². The molecule has 72 heavy (non-hydrogen) atoms. The minimum Gasteiger partial charge on any atom is -0.475 e. The summed E-state index contributed by atoms with van der Waals surface area (Å²) in [6.45, 7) is 24.4. The first-order chi connectivity index (χ1) is 33.6. The minimum absolute atomic E-state index is 0.206. The molecule has 8 rings (SSSR count). The molecule has 0 radical (unpaired) electrons. The maximum atomic E-state index is 13.7. The molecule has 0 saturated carbocycles. The molecule has 0 aliphatic carbocycles. The molecule has 6 aromatic rings. The number of aromatic nitrogens is 8. The number of hydrogen-bond donors (Lipinski definition) is 4. The highest BCUT2D eigenvalue weighted by atomic mass is 19.4. The Bertz CT molecular complexity index is 2850. The Morgan fingerprint density at radius 3 is 1.49 bits per heavy atom. The van der Waals surface area contributed by atoms with Gasteiger partial charge in [0.1, 0.15) is 29.3 Å². The van der Waals surface area contributed by atoms with E-state index >= 15 is 0 Å². The lowest BCUT2D eigenvalue weighted by Crippen LogP contribution is -2.42. The number of carboxylic acids is 1. The predicted molar refractivity (Wildman–Crippen MR) is 255 cm³/mol. The van der Waals surface area contributed by atoms with Crippen molar-refractivity contribution in [2.75, 3.05) is 13.1 Å². The molecule has 23 heteroatoms. The maximum Gasteiger partial charge on any atom is 0.490 e. The van der Waals surface area contributed by atoms with Crippen LogP contribution in [0.4, 0.5) is 18.0 Å². The number of aryl methyl sites for hydroxylation is 2. The molecular weight excluding hydrogens is 942 g/mol. The van der Waals surface area contributed by atoms with E-state index in [-0.39, 0.29) is 29.5 Å². The summed E-state index contributed by atoms with van der Waals surface area (Å²) < 4.78 is 52.2. The number of carbonyl (C=O) groups excluding carboxylic acids is 3. The SMILES string of the molecule is Cc1noc([C@@H](NC(=O)c2nc(-c3ccccc3)n3c2CN(C(=O)OC(C)(C)C)CC3)C(C)(C)C)n1.Cc1noc([C@@H](NC(=O)c2nc(-c3ccccc3)n3c2CNCC3)C(C)(C)C)n1.O=C(O)C(F)(F)F. The highest BCUT2D eigenvalue weighted by Gasteiger charge is 2.39. The zero-order chi connectivity index (χ0) is 52.9. The summed E-state index contributed by atoms with van der Waals surface area (Å²) >= 11 is 0. The maximum absolute atomic E-state index is 13.7. The molecule has 20 nitrogen and oxygen atoms in total. The average Bonchev–Trinajstić information content (AvgIpc) is 4.11. The fraction of sp³-hybridized carbons (Fsp3) is 0.469. The number of rotatable bonds is 8. The van der Waals surface area contributed by atoms with Crippen LogP contribution in [0.1, 0.15) is 130 Å². The molecule has 0 fully saturated rings. The normalized spacial score (nSPS) is 14.6. The van der Waals surface area contributed by atoms with Crippen molar-refractivity contribution in [1.82, 2.24) is 60.2 Å². The largest absolute Gasteiger partial charge is 0.490 e. The number of carbonyl (C=O) groups is 4. The lowest BCUT2D eigenvalue weighted by Gasteiger charge is -2.32. The fourth-order valence-corrected chi connectivity index (χ4v) is 7.69. The van der Waals surface area contributed by atoms with Gasteiger partial charge in [0.25, 0.3) is 11.8 Å². The Morgan fingerprint density at radius 1 is 0.667 bits per heavy atom. The number of carboxylic acid groups (broad SMARTS) is 1. The average molecular weight is 1000 g/mol. The van der Waals surface area contributed by atoms with Crippen LogP contribution in [0.2, 0.25) is 0 Å². The predicted octanol–water partition coefficient (Wildman–Crippen LogP) is 8.00. The number of benzene rings is 2. The van der Waals surface area contributed by atoms with Gasteiger partial charge in [-0.25, -0.2) is 19.6 Å². The summed E-state index contributed by atoms with van der Waals surface area (Å²) in [4.78, 5) is 68.5. The van der Waals surface area contributed by atoms with Gasteiger partial charge >= 0.3 is 18.2 Å². The van der Waals surface area contributed by atoms with Crippen LogP contribution >= 0.6 is 0 Å². The third-order valence-electron chi connectivity index (χ3n) is 11.1. The van der Waals surface area contributed by atoms with Crippen molar-refractivity contribution in [3.63, 3.8) is 0 Å². The zero-order valence-electron chi connectivity index (χ0n) is 42.1. The molecule has 0 saturated heterocycles. The lowest BCUT2D eigenvalue weighted by molar-refractivity contribution is -0.192. The molecule has 2 aromatic carbocycles. The Morgan fingerprint density at radius 2 is 1.10 bits per heavy atom. The van der Waals surface area contributed by atoms with Crippen molar-refractivity contribution in [2.45, 2.75) is 126 Å². The summed E-state index contributed by atoms with van der Waals surface area (Å²) in [5.41, 5.74) is 2.78. The second kappa shape index (κ2) is 21.5. The minimum atomic E-state index is -5.08. The quantitative estimate of drug-likeness (QED) is 0.113. The molecule has 4 N–H and O–H groups in total. The smallest absolute Gasteiger partial charge is 0.475 e. The molecule has 3 amide bonds. The van der Waals surface area contributed by atoms with Crippen molar-refractivity contribution in [1.29, 1.82) is 0 Å². The van der Waals surface area contributed by atoms with Crippen LogP contribution in [0.5, 0.6) is 0 Å². The molecule has 4 aromatic heterocycles. The van der Waals surface area contributed by atoms with Gasteiger partial charge in [-0.15, -0.1) is 0 Å². The number of nitrogens with one attached hydrogen (secondary N) is 3. The van der Waals surface area contributed by atoms with Crippen molar-refractivity contribution in [3.05, 3.63) is 107 Å². The Hall–Kier alpha value is -7.43. The Balaban J connectivity index is 0.000000211. The lowest BCUT2D eigenvalue weighted by atomic mass is 9.86. The zero-order valence-corrected chi connectivity index (χ0v) is 42.1. The van der Waals surface area contributed by atoms with Gasteiger partial charge in [-0.3, -0.25) is 9.59 Å². The van der Waals surface area contributed by atoms with Gasteiger partial charge < -0.3 is 48.9 Å². The standard InChI is InChI=1S/C26H34N6O4.C21H26N6O2.C2HF3O2/c1-16-27-23(36-30-16)20(25(2,3)4)29-22(33)19-18-15-31(24(34)35-26(5,6)7)13-14-32(18)21(28-19)17-11-9-8-10-12-17;1-13-23-20(29-26-13)17(21(2,3)4)25-19(28)16-15-12-22-10-11-27(15)18(24-16)14-8-6-5-7-9-14;3-2(4,5)1(6)7/h8-12,20H,13-15H2,1-7H3,(H,29,33);5-9,17,22H,10-12H2,1-4H3,(H,25,28);(H,6,7)/t20-;17-;/m11./s1. The molecule has 2 atom stereocenters. The van der Waals surface area contributed by atoms with Gasteiger partial charge in [-0.1, -0.05) is 113 Å². The number of nitrogens with zero attached hydrogens (tertiary/aromatic N) is 9. The molecule has 2 aliphatic rings. The van der Waals surface area contributed by atoms with Gasteiger partial charge in [0.05, 0.1) is 17.9 Å². The number of alkyl halides is 3. The fourth-order valence-electron chi connectivity index (χ4n) is 7.69. The van der Waals surface area contributed by atoms with Crippen LogP contribution in [0.25, 0.3) is 22.8 Å². The number of hydrogen-bond acceptors (Lipinski definition) is 14. The van der Waals surface area contributed by atoms with E-state index in [1.54, 1.807) is 18.7 Å². The molecule has 386 valence electrons. The summed E-state index contributed by atoms with van der Waals surface area (Å²) in [7, 11) is 0. The number of ether oxygens (including phenoxy) is 1. The van der Waals surface area contributed by atoms with Crippen molar-refractivity contribution in [2.24, 2.45) is 10.8 Å². The molecular formula is C49H61F3N12O8. The van der Waals surface area contributed by atoms with E-state index in [0.717, 1.165) is 35.7 Å². The topological polar surface area (TPSA) is 251 Å². The van der Waals surface area contributed by atoms with Crippen molar-refractivity contribution < 1.29 is 51.2 Å². The van der Waals surface area contributed by atoms with E-state index in [1.165, 1.54) is 0 Å². The van der Waals surface area contributed by atoms with Gasteiger partial charge in [0.15, 0.2) is 23.0 Å². The second-order valence-electron chi connectivity index (χ2n) is 20.3. The monoisotopic (exact) mass is 1000 g/mol. The van der Waals surface area contributed by atoms with Crippen molar-refractivity contribution >= 4 is 23.9 Å². The number of amides is 3. The van der Waals surface area contributed by atoms with E-state index in [0.29, 0.717) is 60.3 Å². The van der Waals surface area contributed by atoms with Crippen LogP contribution in [-0.4, -0.2) is 98.1 Å². The summed E-state index contributed by atoms with van der Waals surface area (Å²) in [5.74, 6) is -0.108. The van der Waals surface area contributed by atoms with Gasteiger partial charge in [0, 0.05) is 43.9 Å². The van der Waals surface area contributed by atoms with Gasteiger partial charge in [0.2, 0.25) is 11.8 Å². The number of aliphatic carboxylic acids is 1. The first-order valence-corrected chi connectivity index (χ1v) is 23.1. The third-order valence-corrected chi connectivity index (χ3v) is 11.1. The summed E-state index contributed by atoms with van der Waals surface area (Å²) in [6.07, 6.45) is -5.50. The van der Waals surface area contributed by atoms with E-state index in [2.05, 4.69) is 40.8 Å². The molecule has 6 heterocycles. The highest BCUT2D eigenvalue weighted by molar-refractivity contribution is 5.95.